The lowest BCUT2D eigenvalue weighted by molar-refractivity contribution is 0.0992. The van der Waals surface area contributed by atoms with Crippen LogP contribution in [-0.4, -0.2) is 24.3 Å². The molecule has 0 unspecified atom stereocenters. The molecule has 0 atom stereocenters. The molecule has 0 aliphatic carbocycles. The molecule has 0 saturated carbocycles. The van der Waals surface area contributed by atoms with Gasteiger partial charge < -0.3 is 14.5 Å². The average Bonchev–Trinajstić information content (AvgIpc) is 3.33. The Bertz CT molecular complexity index is 1350. The van der Waals surface area contributed by atoms with E-state index in [1.54, 1.807) is 18.2 Å². The maximum Gasteiger partial charge on any atom is 0.291 e. The van der Waals surface area contributed by atoms with E-state index in [0.717, 1.165) is 6.42 Å². The number of rotatable bonds is 9. The van der Waals surface area contributed by atoms with Crippen molar-refractivity contribution in [1.29, 1.82) is 0 Å². The minimum absolute atomic E-state index is 0.00218. The van der Waals surface area contributed by atoms with Gasteiger partial charge in [-0.3, -0.25) is 4.79 Å². The topological polar surface area (TPSA) is 123 Å². The van der Waals surface area contributed by atoms with Crippen LogP contribution < -0.4 is 14.8 Å². The van der Waals surface area contributed by atoms with Gasteiger partial charge in [0.1, 0.15) is 18.1 Å². The molecular formula is C24H22N4O5S. The van der Waals surface area contributed by atoms with Gasteiger partial charge in [0.05, 0.1) is 4.90 Å². The molecule has 0 aliphatic rings. The summed E-state index contributed by atoms with van der Waals surface area (Å²) >= 11 is 0. The number of carbonyl (C=O) groups excluding carboxylic acids is 1. The normalized spacial score (nSPS) is 11.1. The zero-order valence-corrected chi connectivity index (χ0v) is 19.1. The van der Waals surface area contributed by atoms with E-state index in [1.165, 1.54) is 42.2 Å². The third kappa shape index (κ3) is 5.78. The summed E-state index contributed by atoms with van der Waals surface area (Å²) in [5.41, 5.74) is 1.63. The summed E-state index contributed by atoms with van der Waals surface area (Å²) in [5.74, 6) is 0.822. The molecule has 0 fully saturated rings. The smallest absolute Gasteiger partial charge is 0.291 e. The summed E-state index contributed by atoms with van der Waals surface area (Å²) in [7, 11) is -3.86. The van der Waals surface area contributed by atoms with Crippen LogP contribution in [0.4, 0.5) is 11.6 Å². The van der Waals surface area contributed by atoms with Gasteiger partial charge >= 0.3 is 0 Å². The van der Waals surface area contributed by atoms with Crippen LogP contribution in [0, 0.1) is 0 Å². The molecule has 0 bridgehead atoms. The van der Waals surface area contributed by atoms with E-state index in [4.69, 9.17) is 9.15 Å². The quantitative estimate of drug-likeness (QED) is 0.368. The number of carbonyl (C=O) groups is 1. The van der Waals surface area contributed by atoms with Crippen molar-refractivity contribution in [2.75, 3.05) is 10.0 Å². The first-order valence-electron chi connectivity index (χ1n) is 10.4. The van der Waals surface area contributed by atoms with E-state index in [-0.39, 0.29) is 23.2 Å². The minimum Gasteiger partial charge on any atom is -0.486 e. The zero-order valence-electron chi connectivity index (χ0n) is 18.3. The maximum absolute atomic E-state index is 12.5. The lowest BCUT2D eigenvalue weighted by Gasteiger charge is -2.08. The Morgan fingerprint density at radius 3 is 2.35 bits per heavy atom. The van der Waals surface area contributed by atoms with E-state index in [1.807, 2.05) is 24.3 Å². The standard InChI is InChI=1S/C24H22N4O5S/c1-2-17-4-8-19(9-5-17)32-16-20-10-13-22(33-20)23(29)27-18-6-11-21(12-7-18)34(30,31)28-24-25-14-3-15-26-24/h3-15H,2,16H2,1H3,(H,27,29)(H,25,26,28). The molecule has 2 aromatic heterocycles. The van der Waals surface area contributed by atoms with Gasteiger partial charge in [-0.15, -0.1) is 0 Å². The molecule has 0 radical (unpaired) electrons. The Balaban J connectivity index is 1.34. The van der Waals surface area contributed by atoms with Gasteiger partial charge in [0.15, 0.2) is 5.76 Å². The van der Waals surface area contributed by atoms with Crippen molar-refractivity contribution in [3.63, 3.8) is 0 Å². The number of anilines is 2. The van der Waals surface area contributed by atoms with E-state index in [9.17, 15) is 13.2 Å². The fourth-order valence-electron chi connectivity index (χ4n) is 2.99. The number of nitrogens with zero attached hydrogens (tertiary/aromatic N) is 2. The molecule has 174 valence electrons. The molecule has 0 aliphatic heterocycles. The highest BCUT2D eigenvalue weighted by Gasteiger charge is 2.16. The Morgan fingerprint density at radius 2 is 1.68 bits per heavy atom. The molecule has 1 amide bonds. The summed E-state index contributed by atoms with van der Waals surface area (Å²) in [6.45, 7) is 2.27. The molecule has 2 aromatic carbocycles. The molecule has 9 nitrogen and oxygen atoms in total. The Morgan fingerprint density at radius 1 is 0.971 bits per heavy atom. The fourth-order valence-corrected chi connectivity index (χ4v) is 3.95. The molecule has 4 rings (SSSR count). The monoisotopic (exact) mass is 478 g/mol. The van der Waals surface area contributed by atoms with Gasteiger partial charge in [0.2, 0.25) is 5.95 Å². The SMILES string of the molecule is CCc1ccc(OCc2ccc(C(=O)Nc3ccc(S(=O)(=O)Nc4ncccn4)cc3)o2)cc1. The highest BCUT2D eigenvalue weighted by Crippen LogP contribution is 2.19. The zero-order chi connectivity index (χ0) is 24.0. The lowest BCUT2D eigenvalue weighted by atomic mass is 10.2. The first-order chi connectivity index (χ1) is 16.4. The number of hydrogen-bond acceptors (Lipinski definition) is 7. The molecule has 2 heterocycles. The van der Waals surface area contributed by atoms with Crippen molar-refractivity contribution in [2.45, 2.75) is 24.8 Å². The number of aromatic nitrogens is 2. The molecular weight excluding hydrogens is 456 g/mol. The highest BCUT2D eigenvalue weighted by atomic mass is 32.2. The van der Waals surface area contributed by atoms with Crippen molar-refractivity contribution < 1.29 is 22.4 Å². The third-order valence-corrected chi connectivity index (χ3v) is 6.16. The fraction of sp³-hybridized carbons (Fsp3) is 0.125. The van der Waals surface area contributed by atoms with Crippen molar-refractivity contribution in [3.05, 3.63) is 96.2 Å². The van der Waals surface area contributed by atoms with Gasteiger partial charge in [-0.2, -0.15) is 0 Å². The van der Waals surface area contributed by atoms with Gasteiger partial charge in [0.25, 0.3) is 15.9 Å². The van der Waals surface area contributed by atoms with Crippen LogP contribution in [0.3, 0.4) is 0 Å². The van der Waals surface area contributed by atoms with Gasteiger partial charge in [-0.1, -0.05) is 19.1 Å². The van der Waals surface area contributed by atoms with Crippen LogP contribution in [0.25, 0.3) is 0 Å². The second-order valence-corrected chi connectivity index (χ2v) is 8.89. The molecule has 0 saturated heterocycles. The Labute approximate surface area is 196 Å². The van der Waals surface area contributed by atoms with Crippen LogP contribution in [0.2, 0.25) is 0 Å². The summed E-state index contributed by atoms with van der Waals surface area (Å²) < 4.78 is 38.5. The number of nitrogens with one attached hydrogen (secondary N) is 2. The van der Waals surface area contributed by atoms with Crippen LogP contribution in [0.1, 0.15) is 28.8 Å². The van der Waals surface area contributed by atoms with Crippen molar-refractivity contribution in [1.82, 2.24) is 9.97 Å². The second-order valence-electron chi connectivity index (χ2n) is 7.21. The van der Waals surface area contributed by atoms with E-state index in [0.29, 0.717) is 17.2 Å². The van der Waals surface area contributed by atoms with Gasteiger partial charge in [0, 0.05) is 18.1 Å². The number of hydrogen-bond donors (Lipinski definition) is 2. The van der Waals surface area contributed by atoms with Crippen molar-refractivity contribution in [3.8, 4) is 5.75 Å². The van der Waals surface area contributed by atoms with E-state index < -0.39 is 15.9 Å². The number of furan rings is 1. The first-order valence-corrected chi connectivity index (χ1v) is 11.9. The van der Waals surface area contributed by atoms with Crippen molar-refractivity contribution >= 4 is 27.6 Å². The van der Waals surface area contributed by atoms with E-state index in [2.05, 4.69) is 26.9 Å². The average molecular weight is 479 g/mol. The first kappa shape index (κ1) is 23.0. The largest absolute Gasteiger partial charge is 0.486 e. The van der Waals surface area contributed by atoms with Crippen LogP contribution in [0.15, 0.2) is 88.4 Å². The van der Waals surface area contributed by atoms with Crippen LogP contribution in [0.5, 0.6) is 5.75 Å². The van der Waals surface area contributed by atoms with E-state index >= 15 is 0 Å². The summed E-state index contributed by atoms with van der Waals surface area (Å²) in [4.78, 5) is 20.2. The van der Waals surface area contributed by atoms with Crippen molar-refractivity contribution in [2.24, 2.45) is 0 Å². The number of benzene rings is 2. The summed E-state index contributed by atoms with van der Waals surface area (Å²) in [5, 5.41) is 2.67. The number of sulfonamides is 1. The molecule has 2 N–H and O–H groups in total. The summed E-state index contributed by atoms with van der Waals surface area (Å²) in [6, 6.07) is 18.3. The van der Waals surface area contributed by atoms with Gasteiger partial charge in [-0.25, -0.2) is 23.1 Å². The lowest BCUT2D eigenvalue weighted by Crippen LogP contribution is -2.15. The number of ether oxygens (including phenoxy) is 1. The summed E-state index contributed by atoms with van der Waals surface area (Å²) in [6.07, 6.45) is 3.81. The molecule has 0 spiro atoms. The molecule has 10 heteroatoms. The van der Waals surface area contributed by atoms with Gasteiger partial charge in [-0.05, 0) is 66.6 Å². The van der Waals surface area contributed by atoms with Crippen LogP contribution in [-0.2, 0) is 23.1 Å². The number of aryl methyl sites for hydroxylation is 1. The second kappa shape index (κ2) is 10.2. The number of amides is 1. The highest BCUT2D eigenvalue weighted by molar-refractivity contribution is 7.92. The maximum atomic E-state index is 12.5. The Kier molecular flexibility index (Phi) is 6.88. The third-order valence-electron chi connectivity index (χ3n) is 4.81. The predicted molar refractivity (Wildman–Crippen MR) is 126 cm³/mol. The Hall–Kier alpha value is -4.18. The molecule has 34 heavy (non-hydrogen) atoms. The minimum atomic E-state index is -3.86. The van der Waals surface area contributed by atoms with Crippen LogP contribution >= 0.6 is 0 Å². The predicted octanol–water partition coefficient (Wildman–Crippen LogP) is 4.26. The molecule has 4 aromatic rings.